The first kappa shape index (κ1) is 17.0. The Morgan fingerprint density at radius 3 is 2.92 bits per heavy atom. The minimum Gasteiger partial charge on any atom is -0.361 e. The summed E-state index contributed by atoms with van der Waals surface area (Å²) in [4.78, 5) is 7.42. The minimum absolute atomic E-state index is 0.680. The molecule has 0 bridgehead atoms. The van der Waals surface area contributed by atoms with Crippen LogP contribution in [0.1, 0.15) is 31.2 Å². The van der Waals surface area contributed by atoms with Gasteiger partial charge >= 0.3 is 0 Å². The Balaban J connectivity index is 1.41. The van der Waals surface area contributed by atoms with Gasteiger partial charge in [0.15, 0.2) is 0 Å². The van der Waals surface area contributed by atoms with Gasteiger partial charge in [0, 0.05) is 22.5 Å². The zero-order valence-electron chi connectivity index (χ0n) is 15.1. The summed E-state index contributed by atoms with van der Waals surface area (Å²) >= 11 is 1.98. The highest BCUT2D eigenvalue weighted by Crippen LogP contribution is 2.23. The monoisotopic (exact) mass is 352 g/mol. The van der Waals surface area contributed by atoms with Crippen molar-refractivity contribution >= 4 is 23.9 Å². The van der Waals surface area contributed by atoms with E-state index in [-0.39, 0.29) is 0 Å². The number of likely N-dealkylation sites (N-methyl/N-ethyl adjacent to an activating group) is 1. The van der Waals surface area contributed by atoms with E-state index >= 15 is 0 Å². The number of rotatable bonds is 6. The number of benzene rings is 1. The number of aromatic nitrogens is 1. The maximum atomic E-state index is 3.51. The SMILES string of the molecule is CN1CCC[C@@H]1Cc1c[nH]c2c1=CC(CCSc1ccccc1)CC=2. The summed E-state index contributed by atoms with van der Waals surface area (Å²) in [6, 6.07) is 11.5. The van der Waals surface area contributed by atoms with E-state index in [0.29, 0.717) is 5.92 Å². The Labute approximate surface area is 155 Å². The highest BCUT2D eigenvalue weighted by atomic mass is 32.2. The third kappa shape index (κ3) is 4.04. The zero-order valence-corrected chi connectivity index (χ0v) is 15.9. The maximum Gasteiger partial charge on any atom is 0.0413 e. The molecule has 4 rings (SSSR count). The Morgan fingerprint density at radius 1 is 1.24 bits per heavy atom. The van der Waals surface area contributed by atoms with Crippen molar-refractivity contribution in [3.63, 3.8) is 0 Å². The van der Waals surface area contributed by atoms with Gasteiger partial charge in [-0.1, -0.05) is 30.4 Å². The molecule has 2 heterocycles. The second-order valence-corrected chi connectivity index (χ2v) is 8.61. The van der Waals surface area contributed by atoms with Gasteiger partial charge in [0.1, 0.15) is 0 Å². The lowest BCUT2D eigenvalue weighted by molar-refractivity contribution is 0.309. The van der Waals surface area contributed by atoms with Gasteiger partial charge in [-0.2, -0.15) is 0 Å². The lowest BCUT2D eigenvalue weighted by Gasteiger charge is -2.19. The molecule has 0 saturated carbocycles. The Bertz CT molecular complexity index is 808. The first-order chi connectivity index (χ1) is 12.3. The molecule has 1 aromatic heterocycles. The first-order valence-corrected chi connectivity index (χ1v) is 10.5. The van der Waals surface area contributed by atoms with Crippen LogP contribution in [-0.4, -0.2) is 35.3 Å². The van der Waals surface area contributed by atoms with Crippen molar-refractivity contribution in [2.24, 2.45) is 5.92 Å². The van der Waals surface area contributed by atoms with Gasteiger partial charge in [0.25, 0.3) is 0 Å². The van der Waals surface area contributed by atoms with Gasteiger partial charge in [0.05, 0.1) is 0 Å². The summed E-state index contributed by atoms with van der Waals surface area (Å²) < 4.78 is 0. The fourth-order valence-corrected chi connectivity index (χ4v) is 5.14. The first-order valence-electron chi connectivity index (χ1n) is 9.56. The topological polar surface area (TPSA) is 19.0 Å². The van der Waals surface area contributed by atoms with Crippen molar-refractivity contribution in [1.82, 2.24) is 9.88 Å². The van der Waals surface area contributed by atoms with E-state index in [1.165, 1.54) is 65.4 Å². The van der Waals surface area contributed by atoms with Gasteiger partial charge in [-0.3, -0.25) is 0 Å². The van der Waals surface area contributed by atoms with Crippen LogP contribution in [0.2, 0.25) is 0 Å². The van der Waals surface area contributed by atoms with Crippen LogP contribution in [-0.2, 0) is 6.42 Å². The number of fused-ring (bicyclic) bond motifs is 1. The molecule has 2 nitrogen and oxygen atoms in total. The van der Waals surface area contributed by atoms with Crippen LogP contribution in [0.5, 0.6) is 0 Å². The second kappa shape index (κ2) is 7.84. The van der Waals surface area contributed by atoms with Gasteiger partial charge in [-0.05, 0) is 80.3 Å². The number of thioether (sulfide) groups is 1. The van der Waals surface area contributed by atoms with E-state index in [4.69, 9.17) is 0 Å². The van der Waals surface area contributed by atoms with Gasteiger partial charge in [-0.15, -0.1) is 11.8 Å². The van der Waals surface area contributed by atoms with E-state index in [9.17, 15) is 0 Å². The molecule has 2 aromatic rings. The van der Waals surface area contributed by atoms with Crippen LogP contribution in [0.3, 0.4) is 0 Å². The molecule has 2 aliphatic rings. The number of H-pyrrole nitrogens is 1. The van der Waals surface area contributed by atoms with Crippen molar-refractivity contribution in [3.05, 3.63) is 52.7 Å². The van der Waals surface area contributed by atoms with E-state index in [2.05, 4.69) is 65.6 Å². The molecule has 1 aliphatic heterocycles. The highest BCUT2D eigenvalue weighted by Gasteiger charge is 2.22. The number of aromatic amines is 1. The molecule has 3 heteroatoms. The van der Waals surface area contributed by atoms with Crippen LogP contribution in [0.15, 0.2) is 41.4 Å². The fraction of sp³-hybridized carbons (Fsp3) is 0.455. The predicted octanol–water partition coefficient (Wildman–Crippen LogP) is 3.41. The molecule has 25 heavy (non-hydrogen) atoms. The van der Waals surface area contributed by atoms with E-state index < -0.39 is 0 Å². The van der Waals surface area contributed by atoms with Crippen LogP contribution in [0.4, 0.5) is 0 Å². The normalized spacial score (nSPS) is 23.1. The summed E-state index contributed by atoms with van der Waals surface area (Å²) in [7, 11) is 2.27. The molecular weight excluding hydrogens is 324 g/mol. The molecule has 0 radical (unpaired) electrons. The molecule has 1 saturated heterocycles. The molecule has 0 amide bonds. The van der Waals surface area contributed by atoms with Crippen molar-refractivity contribution < 1.29 is 0 Å². The Hall–Kier alpha value is -1.45. The second-order valence-electron chi connectivity index (χ2n) is 7.44. The molecular formula is C22H28N2S. The lowest BCUT2D eigenvalue weighted by atomic mass is 9.95. The molecule has 1 unspecified atom stereocenters. The molecule has 1 aliphatic carbocycles. The van der Waals surface area contributed by atoms with Gasteiger partial charge in [-0.25, -0.2) is 0 Å². The lowest BCUT2D eigenvalue weighted by Crippen LogP contribution is -2.33. The number of nitrogens with one attached hydrogen (secondary N) is 1. The highest BCUT2D eigenvalue weighted by molar-refractivity contribution is 7.99. The largest absolute Gasteiger partial charge is 0.361 e. The number of likely N-dealkylation sites (tertiary alicyclic amines) is 1. The quantitative estimate of drug-likeness (QED) is 0.804. The maximum absolute atomic E-state index is 3.51. The summed E-state index contributed by atoms with van der Waals surface area (Å²) in [6.45, 7) is 1.26. The van der Waals surface area contributed by atoms with Crippen molar-refractivity contribution in [1.29, 1.82) is 0 Å². The fourth-order valence-electron chi connectivity index (χ4n) is 4.14. The van der Waals surface area contributed by atoms with E-state index in [1.807, 2.05) is 11.8 Å². The minimum atomic E-state index is 0.680. The average Bonchev–Trinajstić information content (AvgIpc) is 3.23. The molecule has 1 aromatic carbocycles. The summed E-state index contributed by atoms with van der Waals surface area (Å²) in [5.74, 6) is 1.87. The molecule has 2 atom stereocenters. The van der Waals surface area contributed by atoms with Crippen molar-refractivity contribution in [2.75, 3.05) is 19.3 Å². The third-order valence-electron chi connectivity index (χ3n) is 5.69. The summed E-state index contributed by atoms with van der Waals surface area (Å²) in [5.41, 5.74) is 1.52. The van der Waals surface area contributed by atoms with Crippen LogP contribution < -0.4 is 10.6 Å². The number of hydrogen-bond acceptors (Lipinski definition) is 2. The predicted molar refractivity (Wildman–Crippen MR) is 108 cm³/mol. The van der Waals surface area contributed by atoms with Crippen molar-refractivity contribution in [3.8, 4) is 0 Å². The Kier molecular flexibility index (Phi) is 5.33. The van der Waals surface area contributed by atoms with E-state index in [1.54, 1.807) is 0 Å². The van der Waals surface area contributed by atoms with Gasteiger partial charge in [0.2, 0.25) is 0 Å². The van der Waals surface area contributed by atoms with Crippen LogP contribution in [0, 0.1) is 5.92 Å². The Morgan fingerprint density at radius 2 is 2.12 bits per heavy atom. The molecule has 1 N–H and O–H groups in total. The number of hydrogen-bond donors (Lipinski definition) is 1. The molecule has 1 fully saturated rings. The summed E-state index contributed by atoms with van der Waals surface area (Å²) in [6.07, 6.45) is 13.5. The van der Waals surface area contributed by atoms with Gasteiger partial charge < -0.3 is 9.88 Å². The van der Waals surface area contributed by atoms with Crippen molar-refractivity contribution in [2.45, 2.75) is 43.0 Å². The molecule has 0 spiro atoms. The standard InChI is InChI=1S/C22H28N2S/c1-24-12-5-6-19(24)15-18-16-23-22-10-9-17(14-21(18)22)11-13-25-20-7-3-2-4-8-20/h2-4,7-8,10,14,16-17,19,23H,5-6,9,11-13,15H2,1H3/t17?,19-/m1/s1. The number of nitrogens with zero attached hydrogens (tertiary/aromatic N) is 1. The summed E-state index contributed by atoms with van der Waals surface area (Å²) in [5, 5.41) is 2.84. The van der Waals surface area contributed by atoms with Crippen LogP contribution in [0.25, 0.3) is 12.2 Å². The molecule has 132 valence electrons. The third-order valence-corrected chi connectivity index (χ3v) is 6.74. The van der Waals surface area contributed by atoms with Crippen LogP contribution >= 0.6 is 11.8 Å². The smallest absolute Gasteiger partial charge is 0.0413 e. The average molecular weight is 353 g/mol. The zero-order chi connectivity index (χ0) is 17.1. The van der Waals surface area contributed by atoms with E-state index in [0.717, 1.165) is 6.04 Å².